The number of carbonyl (C=O) groups excluding carboxylic acids is 1. The first-order valence-corrected chi connectivity index (χ1v) is 8.13. The van der Waals surface area contributed by atoms with E-state index in [9.17, 15) is 18.4 Å². The average molecular weight is 363 g/mol. The summed E-state index contributed by atoms with van der Waals surface area (Å²) >= 11 is 0. The molecule has 3 N–H and O–H groups in total. The second kappa shape index (κ2) is 7.20. The van der Waals surface area contributed by atoms with Crippen molar-refractivity contribution in [3.8, 4) is 0 Å². The predicted molar refractivity (Wildman–Crippen MR) is 91.4 cm³/mol. The number of nitrogens with zero attached hydrogens (tertiary/aromatic N) is 3. The molecule has 1 aliphatic rings. The molecule has 3 rings (SSSR count). The molecule has 26 heavy (non-hydrogen) atoms. The number of amides is 1. The highest BCUT2D eigenvalue weighted by atomic mass is 19.1. The van der Waals surface area contributed by atoms with Gasteiger partial charge in [-0.3, -0.25) is 19.5 Å². The zero-order chi connectivity index (χ0) is 18.8. The lowest BCUT2D eigenvalue weighted by molar-refractivity contribution is 0.0778. The quantitative estimate of drug-likeness (QED) is 0.844. The third-order valence-corrected chi connectivity index (χ3v) is 4.41. The van der Waals surface area contributed by atoms with E-state index in [1.165, 1.54) is 6.07 Å². The first-order chi connectivity index (χ1) is 12.3. The number of rotatable bonds is 4. The number of nitrogens with one attached hydrogen (secondary N) is 1. The van der Waals surface area contributed by atoms with Gasteiger partial charge in [0.05, 0.1) is 5.69 Å². The minimum Gasteiger partial charge on any atom is -0.369 e. The summed E-state index contributed by atoms with van der Waals surface area (Å²) in [7, 11) is 1.86. The van der Waals surface area contributed by atoms with Gasteiger partial charge in [0.25, 0.3) is 11.5 Å². The van der Waals surface area contributed by atoms with Gasteiger partial charge in [-0.25, -0.2) is 13.8 Å². The number of nitrogens with two attached hydrogens (primary N) is 1. The van der Waals surface area contributed by atoms with Crippen molar-refractivity contribution in [2.75, 3.05) is 25.9 Å². The number of likely N-dealkylation sites (N-methyl/N-ethyl adjacent to an activating group) is 1. The van der Waals surface area contributed by atoms with Gasteiger partial charge in [0.15, 0.2) is 0 Å². The fraction of sp³-hybridized carbons (Fsp3) is 0.353. The van der Waals surface area contributed by atoms with Crippen molar-refractivity contribution >= 4 is 11.9 Å². The fourth-order valence-electron chi connectivity index (χ4n) is 3.14. The topological polar surface area (TPSA) is 95.3 Å². The van der Waals surface area contributed by atoms with E-state index in [0.29, 0.717) is 31.7 Å². The monoisotopic (exact) mass is 363 g/mol. The van der Waals surface area contributed by atoms with Crippen LogP contribution in [0.15, 0.2) is 29.1 Å². The van der Waals surface area contributed by atoms with Crippen molar-refractivity contribution in [2.24, 2.45) is 0 Å². The van der Waals surface area contributed by atoms with E-state index < -0.39 is 17.5 Å². The van der Waals surface area contributed by atoms with Crippen LogP contribution >= 0.6 is 0 Å². The summed E-state index contributed by atoms with van der Waals surface area (Å²) < 4.78 is 26.6. The Kier molecular flexibility index (Phi) is 4.99. The van der Waals surface area contributed by atoms with Crippen LogP contribution in [-0.2, 0) is 6.54 Å². The van der Waals surface area contributed by atoms with E-state index in [1.54, 1.807) is 4.90 Å². The lowest BCUT2D eigenvalue weighted by Gasteiger charge is -2.24. The number of anilines is 1. The molecule has 1 aromatic carbocycles. The van der Waals surface area contributed by atoms with Gasteiger partial charge in [-0.05, 0) is 25.6 Å². The molecule has 1 aromatic heterocycles. The lowest BCUT2D eigenvalue weighted by atomic mass is 10.2. The van der Waals surface area contributed by atoms with Crippen LogP contribution in [0.4, 0.5) is 14.7 Å². The molecule has 1 fully saturated rings. The van der Waals surface area contributed by atoms with Crippen LogP contribution in [-0.4, -0.2) is 51.9 Å². The van der Waals surface area contributed by atoms with Crippen molar-refractivity contribution in [1.29, 1.82) is 0 Å². The average Bonchev–Trinajstić information content (AvgIpc) is 3.02. The molecule has 1 aliphatic heterocycles. The van der Waals surface area contributed by atoms with Gasteiger partial charge in [0, 0.05) is 43.4 Å². The Hall–Kier alpha value is -2.81. The van der Waals surface area contributed by atoms with Crippen molar-refractivity contribution in [1.82, 2.24) is 19.8 Å². The zero-order valence-electron chi connectivity index (χ0n) is 14.2. The molecule has 0 bridgehead atoms. The summed E-state index contributed by atoms with van der Waals surface area (Å²) in [5, 5.41) is 0. The SMILES string of the molecule is CN(Cc1cc(=O)[nH]c(N)n1)[C@@H]1CCN(C(=O)c2cc(F)cc(F)c2)C1. The maximum atomic E-state index is 13.3. The maximum Gasteiger partial charge on any atom is 0.254 e. The number of nitrogen functional groups attached to an aromatic ring is 1. The van der Waals surface area contributed by atoms with Crippen molar-refractivity contribution in [3.05, 3.63) is 57.5 Å². The second-order valence-corrected chi connectivity index (χ2v) is 6.39. The molecular weight excluding hydrogens is 344 g/mol. The molecule has 0 radical (unpaired) electrons. The number of likely N-dealkylation sites (tertiary alicyclic amines) is 1. The molecule has 9 heteroatoms. The minimum absolute atomic E-state index is 0.00478. The Morgan fingerprint density at radius 2 is 2.04 bits per heavy atom. The highest BCUT2D eigenvalue weighted by molar-refractivity contribution is 5.94. The number of aromatic nitrogens is 2. The Morgan fingerprint density at radius 1 is 1.35 bits per heavy atom. The van der Waals surface area contributed by atoms with Gasteiger partial charge in [-0.1, -0.05) is 0 Å². The highest BCUT2D eigenvalue weighted by Gasteiger charge is 2.30. The molecule has 2 aromatic rings. The third kappa shape index (κ3) is 4.05. The number of hydrogen-bond acceptors (Lipinski definition) is 5. The van der Waals surface area contributed by atoms with Gasteiger partial charge in [0.1, 0.15) is 11.6 Å². The van der Waals surface area contributed by atoms with E-state index >= 15 is 0 Å². The normalized spacial score (nSPS) is 17.1. The Bertz CT molecular complexity index is 865. The van der Waals surface area contributed by atoms with Gasteiger partial charge in [-0.2, -0.15) is 0 Å². The molecule has 138 valence electrons. The van der Waals surface area contributed by atoms with E-state index in [1.807, 2.05) is 11.9 Å². The summed E-state index contributed by atoms with van der Waals surface area (Å²) in [6.07, 6.45) is 0.707. The van der Waals surface area contributed by atoms with Gasteiger partial charge >= 0.3 is 0 Å². The van der Waals surface area contributed by atoms with Gasteiger partial charge < -0.3 is 10.6 Å². The Balaban J connectivity index is 1.65. The number of H-pyrrole nitrogens is 1. The Morgan fingerprint density at radius 3 is 2.69 bits per heavy atom. The molecule has 0 spiro atoms. The van der Waals surface area contributed by atoms with Crippen LogP contribution in [0.5, 0.6) is 0 Å². The summed E-state index contributed by atoms with van der Waals surface area (Å²) in [5.74, 6) is -1.91. The number of hydrogen-bond donors (Lipinski definition) is 2. The van der Waals surface area contributed by atoms with Crippen molar-refractivity contribution < 1.29 is 13.6 Å². The van der Waals surface area contributed by atoms with Gasteiger partial charge in [0.2, 0.25) is 5.95 Å². The van der Waals surface area contributed by atoms with Crippen LogP contribution in [0.3, 0.4) is 0 Å². The zero-order valence-corrected chi connectivity index (χ0v) is 14.2. The minimum atomic E-state index is -0.779. The molecule has 1 amide bonds. The lowest BCUT2D eigenvalue weighted by Crippen LogP contribution is -2.36. The number of halogens is 2. The summed E-state index contributed by atoms with van der Waals surface area (Å²) in [6, 6.07) is 4.22. The molecule has 0 unspecified atom stereocenters. The van der Waals surface area contributed by atoms with Crippen LogP contribution in [0.1, 0.15) is 22.5 Å². The first-order valence-electron chi connectivity index (χ1n) is 8.13. The standard InChI is InChI=1S/C17H19F2N5O2/c1-23(8-13-7-15(25)22-17(20)21-13)14-2-3-24(9-14)16(26)10-4-11(18)6-12(19)5-10/h4-7,14H,2-3,8-9H2,1H3,(H3,20,21,22,25)/t14-/m1/s1. The second-order valence-electron chi connectivity index (χ2n) is 6.39. The number of aromatic amines is 1. The van der Waals surface area contributed by atoms with E-state index in [4.69, 9.17) is 5.73 Å². The highest BCUT2D eigenvalue weighted by Crippen LogP contribution is 2.19. The smallest absolute Gasteiger partial charge is 0.254 e. The predicted octanol–water partition coefficient (Wildman–Crippen LogP) is 0.977. The third-order valence-electron chi connectivity index (χ3n) is 4.41. The Labute approximate surface area is 148 Å². The van der Waals surface area contributed by atoms with Gasteiger partial charge in [-0.15, -0.1) is 0 Å². The molecule has 1 atom stereocenters. The summed E-state index contributed by atoms with van der Waals surface area (Å²) in [6.45, 7) is 1.30. The molecule has 0 saturated carbocycles. The fourth-order valence-corrected chi connectivity index (χ4v) is 3.14. The molecule has 1 saturated heterocycles. The molecule has 2 heterocycles. The van der Waals surface area contributed by atoms with E-state index in [-0.39, 0.29) is 23.1 Å². The number of carbonyl (C=O) groups is 1. The van der Waals surface area contributed by atoms with Crippen LogP contribution in [0.2, 0.25) is 0 Å². The summed E-state index contributed by atoms with van der Waals surface area (Å²) in [4.78, 5) is 33.9. The first kappa shape index (κ1) is 18.0. The molecule has 7 nitrogen and oxygen atoms in total. The van der Waals surface area contributed by atoms with E-state index in [2.05, 4.69) is 9.97 Å². The van der Waals surface area contributed by atoms with Crippen molar-refractivity contribution in [3.63, 3.8) is 0 Å². The van der Waals surface area contributed by atoms with Crippen molar-refractivity contribution in [2.45, 2.75) is 19.0 Å². The maximum absolute atomic E-state index is 13.3. The van der Waals surface area contributed by atoms with Crippen LogP contribution in [0, 0.1) is 11.6 Å². The molecule has 0 aliphatic carbocycles. The van der Waals surface area contributed by atoms with E-state index in [0.717, 1.165) is 18.2 Å². The van der Waals surface area contributed by atoms with Crippen LogP contribution in [0.25, 0.3) is 0 Å². The number of benzene rings is 1. The van der Waals surface area contributed by atoms with Crippen LogP contribution < -0.4 is 11.3 Å². The largest absolute Gasteiger partial charge is 0.369 e. The summed E-state index contributed by atoms with van der Waals surface area (Å²) in [5.41, 5.74) is 5.75. The molecular formula is C17H19F2N5O2.